The summed E-state index contributed by atoms with van der Waals surface area (Å²) in [4.78, 5) is 28.6. The minimum Gasteiger partial charge on any atom is -0.347 e. The van der Waals surface area contributed by atoms with Gasteiger partial charge in [0.15, 0.2) is 5.69 Å². The fraction of sp³-hybridized carbons (Fsp3) is 0.222. The van der Waals surface area contributed by atoms with Gasteiger partial charge in [-0.3, -0.25) is 14.5 Å². The Morgan fingerprint density at radius 2 is 1.55 bits per heavy atom. The third-order valence-corrected chi connectivity index (χ3v) is 5.77. The van der Waals surface area contributed by atoms with Gasteiger partial charge in [0.05, 0.1) is 11.1 Å². The van der Waals surface area contributed by atoms with E-state index in [4.69, 9.17) is 0 Å². The van der Waals surface area contributed by atoms with Gasteiger partial charge in [0.25, 0.3) is 11.5 Å². The van der Waals surface area contributed by atoms with Crippen molar-refractivity contribution < 1.29 is 4.79 Å². The van der Waals surface area contributed by atoms with Crippen molar-refractivity contribution in [1.29, 1.82) is 0 Å². The zero-order valence-electron chi connectivity index (χ0n) is 19.0. The van der Waals surface area contributed by atoms with E-state index in [0.29, 0.717) is 23.0 Å². The average Bonchev–Trinajstić information content (AvgIpc) is 2.87. The zero-order valence-corrected chi connectivity index (χ0v) is 19.0. The fourth-order valence-electron chi connectivity index (χ4n) is 3.91. The molecule has 1 aromatic heterocycles. The highest BCUT2D eigenvalue weighted by Gasteiger charge is 2.17. The zero-order chi connectivity index (χ0) is 23.2. The van der Waals surface area contributed by atoms with E-state index in [1.54, 1.807) is 30.3 Å². The maximum atomic E-state index is 13.2. The fourth-order valence-corrected chi connectivity index (χ4v) is 3.91. The van der Waals surface area contributed by atoms with Crippen LogP contribution < -0.4 is 10.9 Å². The highest BCUT2D eigenvalue weighted by atomic mass is 16.2. The highest BCUT2D eigenvalue weighted by molar-refractivity contribution is 6.04. The molecule has 0 bridgehead atoms. The van der Waals surface area contributed by atoms with Crippen LogP contribution in [0.4, 0.5) is 0 Å². The van der Waals surface area contributed by atoms with Crippen LogP contribution in [0, 0.1) is 0 Å². The van der Waals surface area contributed by atoms with Crippen LogP contribution in [0.15, 0.2) is 83.7 Å². The van der Waals surface area contributed by atoms with Crippen LogP contribution in [0.1, 0.15) is 35.5 Å². The standard InChI is InChI=1S/C27H28N4O2/c1-3-30(4-2)19-21-12-10-11-20(17-21)18-28-26(32)25-23-15-8-9-16-24(23)27(33)31(29-25)22-13-6-5-7-14-22/h5-17H,3-4,18-19H2,1-2H3,(H,28,32). The quantitative estimate of drug-likeness (QED) is 0.447. The van der Waals surface area contributed by atoms with Gasteiger partial charge in [-0.1, -0.05) is 74.5 Å². The first-order valence-electron chi connectivity index (χ1n) is 11.3. The van der Waals surface area contributed by atoms with E-state index in [1.165, 1.54) is 10.2 Å². The number of hydrogen-bond donors (Lipinski definition) is 1. The smallest absolute Gasteiger partial charge is 0.279 e. The van der Waals surface area contributed by atoms with Crippen LogP contribution in [-0.2, 0) is 13.1 Å². The lowest BCUT2D eigenvalue weighted by Gasteiger charge is -2.18. The normalized spacial score (nSPS) is 11.1. The molecule has 6 nitrogen and oxygen atoms in total. The molecule has 168 valence electrons. The van der Waals surface area contributed by atoms with Gasteiger partial charge >= 0.3 is 0 Å². The van der Waals surface area contributed by atoms with Gasteiger partial charge in [-0.15, -0.1) is 0 Å². The Morgan fingerprint density at radius 3 is 2.27 bits per heavy atom. The molecule has 1 heterocycles. The molecule has 6 heteroatoms. The van der Waals surface area contributed by atoms with E-state index in [-0.39, 0.29) is 17.2 Å². The van der Waals surface area contributed by atoms with E-state index in [1.807, 2.05) is 36.4 Å². The van der Waals surface area contributed by atoms with Crippen molar-refractivity contribution in [1.82, 2.24) is 20.0 Å². The Labute approximate surface area is 193 Å². The van der Waals surface area contributed by atoms with Crippen molar-refractivity contribution >= 4 is 16.7 Å². The summed E-state index contributed by atoms with van der Waals surface area (Å²) in [6.07, 6.45) is 0. The molecule has 3 aromatic carbocycles. The molecule has 0 atom stereocenters. The summed E-state index contributed by atoms with van der Waals surface area (Å²) < 4.78 is 1.29. The molecule has 0 aliphatic carbocycles. The number of nitrogens with one attached hydrogen (secondary N) is 1. The lowest BCUT2D eigenvalue weighted by molar-refractivity contribution is 0.0946. The largest absolute Gasteiger partial charge is 0.347 e. The second-order valence-corrected chi connectivity index (χ2v) is 7.91. The molecule has 33 heavy (non-hydrogen) atoms. The second-order valence-electron chi connectivity index (χ2n) is 7.91. The molecule has 0 aliphatic rings. The van der Waals surface area contributed by atoms with E-state index in [2.05, 4.69) is 41.3 Å². The molecule has 0 unspecified atom stereocenters. The average molecular weight is 441 g/mol. The minimum atomic E-state index is -0.315. The Balaban J connectivity index is 1.62. The topological polar surface area (TPSA) is 67.2 Å². The summed E-state index contributed by atoms with van der Waals surface area (Å²) in [6, 6.07) is 24.5. The van der Waals surface area contributed by atoms with Crippen molar-refractivity contribution in [3.8, 4) is 5.69 Å². The molecule has 0 saturated heterocycles. The van der Waals surface area contributed by atoms with Crippen LogP contribution >= 0.6 is 0 Å². The number of aromatic nitrogens is 2. The number of amides is 1. The molecule has 1 amide bonds. The van der Waals surface area contributed by atoms with E-state index >= 15 is 0 Å². The van der Waals surface area contributed by atoms with Crippen molar-refractivity contribution in [2.45, 2.75) is 26.9 Å². The third kappa shape index (κ3) is 5.02. The van der Waals surface area contributed by atoms with Gasteiger partial charge in [-0.2, -0.15) is 9.78 Å². The molecule has 0 spiro atoms. The number of hydrogen-bond acceptors (Lipinski definition) is 4. The summed E-state index contributed by atoms with van der Waals surface area (Å²) in [7, 11) is 0. The van der Waals surface area contributed by atoms with Crippen molar-refractivity contribution in [2.24, 2.45) is 0 Å². The maximum absolute atomic E-state index is 13.2. The molecule has 0 aliphatic heterocycles. The molecule has 4 rings (SSSR count). The van der Waals surface area contributed by atoms with E-state index in [0.717, 1.165) is 25.2 Å². The van der Waals surface area contributed by atoms with Gasteiger partial charge in [0.1, 0.15) is 0 Å². The highest BCUT2D eigenvalue weighted by Crippen LogP contribution is 2.16. The summed E-state index contributed by atoms with van der Waals surface area (Å²) in [5, 5.41) is 8.44. The number of benzene rings is 3. The molecular formula is C27H28N4O2. The first-order chi connectivity index (χ1) is 16.1. The monoisotopic (exact) mass is 440 g/mol. The lowest BCUT2D eigenvalue weighted by Crippen LogP contribution is -2.29. The van der Waals surface area contributed by atoms with E-state index in [9.17, 15) is 9.59 Å². The van der Waals surface area contributed by atoms with Crippen molar-refractivity contribution in [3.05, 3.63) is 106 Å². The van der Waals surface area contributed by atoms with Crippen LogP contribution in [-0.4, -0.2) is 33.7 Å². The number of carbonyl (C=O) groups excluding carboxylic acids is 1. The van der Waals surface area contributed by atoms with Crippen LogP contribution in [0.2, 0.25) is 0 Å². The van der Waals surface area contributed by atoms with Gasteiger partial charge in [0.2, 0.25) is 0 Å². The third-order valence-electron chi connectivity index (χ3n) is 5.77. The Morgan fingerprint density at radius 1 is 0.879 bits per heavy atom. The summed E-state index contributed by atoms with van der Waals surface area (Å²) >= 11 is 0. The number of carbonyl (C=O) groups is 1. The predicted molar refractivity (Wildman–Crippen MR) is 132 cm³/mol. The van der Waals surface area contributed by atoms with Crippen LogP contribution in [0.3, 0.4) is 0 Å². The SMILES string of the molecule is CCN(CC)Cc1cccc(CNC(=O)c2nn(-c3ccccc3)c(=O)c3ccccc23)c1. The van der Waals surface area contributed by atoms with Crippen LogP contribution in [0.25, 0.3) is 16.5 Å². The predicted octanol–water partition coefficient (Wildman–Crippen LogP) is 4.16. The second kappa shape index (κ2) is 10.2. The first-order valence-corrected chi connectivity index (χ1v) is 11.3. The van der Waals surface area contributed by atoms with Crippen molar-refractivity contribution in [2.75, 3.05) is 13.1 Å². The first kappa shape index (κ1) is 22.4. The summed E-state index contributed by atoms with van der Waals surface area (Å²) in [5.74, 6) is -0.315. The van der Waals surface area contributed by atoms with E-state index < -0.39 is 0 Å². The number of nitrogens with zero attached hydrogens (tertiary/aromatic N) is 3. The van der Waals surface area contributed by atoms with Crippen molar-refractivity contribution in [3.63, 3.8) is 0 Å². The van der Waals surface area contributed by atoms with Gasteiger partial charge in [0, 0.05) is 18.5 Å². The number of rotatable bonds is 8. The lowest BCUT2D eigenvalue weighted by atomic mass is 10.1. The molecule has 1 N–H and O–H groups in total. The number of para-hydroxylation sites is 1. The molecule has 4 aromatic rings. The molecule has 0 radical (unpaired) electrons. The summed E-state index contributed by atoms with van der Waals surface area (Å²) in [6.45, 7) is 7.55. The number of fused-ring (bicyclic) bond motifs is 1. The Bertz CT molecular complexity index is 1310. The Kier molecular flexibility index (Phi) is 6.95. The molecular weight excluding hydrogens is 412 g/mol. The Hall–Kier alpha value is -3.77. The van der Waals surface area contributed by atoms with Gasteiger partial charge < -0.3 is 5.32 Å². The minimum absolute atomic E-state index is 0.230. The molecule has 0 saturated carbocycles. The maximum Gasteiger partial charge on any atom is 0.279 e. The summed E-state index contributed by atoms with van der Waals surface area (Å²) in [5.41, 5.74) is 2.83. The van der Waals surface area contributed by atoms with Gasteiger partial charge in [-0.05, 0) is 42.4 Å². The molecule has 0 fully saturated rings. The van der Waals surface area contributed by atoms with Gasteiger partial charge in [-0.25, -0.2) is 0 Å². The van der Waals surface area contributed by atoms with Crippen LogP contribution in [0.5, 0.6) is 0 Å².